The van der Waals surface area contributed by atoms with Crippen molar-refractivity contribution in [3.8, 4) is 0 Å². The Kier molecular flexibility index (Phi) is 6.80. The van der Waals surface area contributed by atoms with E-state index in [1.807, 2.05) is 18.9 Å². The maximum absolute atomic E-state index is 12.1. The van der Waals surface area contributed by atoms with E-state index in [0.717, 1.165) is 32.5 Å². The van der Waals surface area contributed by atoms with Crippen LogP contribution in [0.15, 0.2) is 0 Å². The fourth-order valence-electron chi connectivity index (χ4n) is 2.70. The average molecular weight is 270 g/mol. The second kappa shape index (κ2) is 7.85. The zero-order chi connectivity index (χ0) is 14.4. The van der Waals surface area contributed by atoms with Crippen LogP contribution in [0.1, 0.15) is 40.5 Å². The Bertz CT molecular complexity index is 283. The number of rotatable bonds is 6. The van der Waals surface area contributed by atoms with E-state index in [0.29, 0.717) is 12.0 Å². The number of nitrogens with zero attached hydrogens (tertiary/aromatic N) is 2. The maximum atomic E-state index is 12.1. The summed E-state index contributed by atoms with van der Waals surface area (Å²) >= 11 is 0. The van der Waals surface area contributed by atoms with Gasteiger partial charge in [-0.3, -0.25) is 4.79 Å². The van der Waals surface area contributed by atoms with Crippen LogP contribution in [0.2, 0.25) is 0 Å². The molecule has 0 spiro atoms. The summed E-state index contributed by atoms with van der Waals surface area (Å²) in [5, 5.41) is 0. The van der Waals surface area contributed by atoms with Gasteiger partial charge < -0.3 is 14.5 Å². The highest BCUT2D eigenvalue weighted by atomic mass is 16.5. The molecule has 0 N–H and O–H groups in total. The number of hydrogen-bond acceptors (Lipinski definition) is 3. The van der Waals surface area contributed by atoms with Crippen molar-refractivity contribution in [1.82, 2.24) is 9.80 Å². The van der Waals surface area contributed by atoms with E-state index in [1.54, 1.807) is 0 Å². The number of piperidine rings is 1. The van der Waals surface area contributed by atoms with E-state index >= 15 is 0 Å². The van der Waals surface area contributed by atoms with E-state index in [-0.39, 0.29) is 18.6 Å². The molecular weight excluding hydrogens is 240 g/mol. The first-order valence-electron chi connectivity index (χ1n) is 7.59. The Morgan fingerprint density at radius 1 is 1.47 bits per heavy atom. The van der Waals surface area contributed by atoms with Gasteiger partial charge in [0.1, 0.15) is 6.61 Å². The number of ether oxygens (including phenoxy) is 1. The molecule has 3 atom stereocenters. The molecule has 0 aromatic heterocycles. The zero-order valence-electron chi connectivity index (χ0n) is 13.2. The van der Waals surface area contributed by atoms with Crippen LogP contribution >= 0.6 is 0 Å². The van der Waals surface area contributed by atoms with Gasteiger partial charge in [0, 0.05) is 26.2 Å². The molecule has 1 heterocycles. The molecule has 1 amide bonds. The normalized spacial score (nSPS) is 26.2. The number of likely N-dealkylation sites (tertiary alicyclic amines) is 1. The van der Waals surface area contributed by atoms with Gasteiger partial charge in [0.25, 0.3) is 0 Å². The molecule has 1 aliphatic rings. The lowest BCUT2D eigenvalue weighted by Gasteiger charge is -2.41. The van der Waals surface area contributed by atoms with Crippen LogP contribution in [-0.2, 0) is 9.53 Å². The molecule has 4 nitrogen and oxygen atoms in total. The van der Waals surface area contributed by atoms with Crippen molar-refractivity contribution >= 4 is 5.91 Å². The van der Waals surface area contributed by atoms with Crippen molar-refractivity contribution in [3.63, 3.8) is 0 Å². The Labute approximate surface area is 118 Å². The molecular formula is C15H30N2O2. The van der Waals surface area contributed by atoms with Gasteiger partial charge in [-0.25, -0.2) is 0 Å². The fraction of sp³-hybridized carbons (Fsp3) is 0.933. The number of carbonyl (C=O) groups excluding carboxylic acids is 1. The lowest BCUT2D eigenvalue weighted by atomic mass is 9.92. The van der Waals surface area contributed by atoms with Crippen molar-refractivity contribution in [1.29, 1.82) is 0 Å². The summed E-state index contributed by atoms with van der Waals surface area (Å²) in [6.07, 6.45) is 2.18. The van der Waals surface area contributed by atoms with Crippen LogP contribution in [0.4, 0.5) is 0 Å². The zero-order valence-corrected chi connectivity index (χ0v) is 13.2. The van der Waals surface area contributed by atoms with Crippen LogP contribution in [0.5, 0.6) is 0 Å². The molecule has 112 valence electrons. The molecule has 0 saturated carbocycles. The molecule has 0 aliphatic carbocycles. The summed E-state index contributed by atoms with van der Waals surface area (Å²) in [6.45, 7) is 12.0. The van der Waals surface area contributed by atoms with E-state index in [9.17, 15) is 4.79 Å². The molecule has 0 radical (unpaired) electrons. The highest BCUT2D eigenvalue weighted by Crippen LogP contribution is 2.21. The second-order valence-electron chi connectivity index (χ2n) is 5.76. The van der Waals surface area contributed by atoms with Gasteiger partial charge >= 0.3 is 0 Å². The molecule has 0 unspecified atom stereocenters. The Morgan fingerprint density at radius 2 is 2.16 bits per heavy atom. The summed E-state index contributed by atoms with van der Waals surface area (Å²) in [5.41, 5.74) is 0. The predicted molar refractivity (Wildman–Crippen MR) is 78.2 cm³/mol. The van der Waals surface area contributed by atoms with Crippen LogP contribution in [0.3, 0.4) is 0 Å². The minimum atomic E-state index is 0.113. The standard InChI is InChI=1S/C15H30N2O2/c1-6-13(4)19-11-15(18)16(5)14-8-9-17(7-2)10-12(14)3/h12-14H,6-11H2,1-5H3/t12-,13-,14-/m0/s1. The van der Waals surface area contributed by atoms with Crippen LogP contribution < -0.4 is 0 Å². The molecule has 0 aromatic rings. The maximum Gasteiger partial charge on any atom is 0.248 e. The summed E-state index contributed by atoms with van der Waals surface area (Å²) in [4.78, 5) is 16.5. The Balaban J connectivity index is 2.43. The third-order valence-corrected chi connectivity index (χ3v) is 4.35. The monoisotopic (exact) mass is 270 g/mol. The van der Waals surface area contributed by atoms with Crippen molar-refractivity contribution in [3.05, 3.63) is 0 Å². The number of hydrogen-bond donors (Lipinski definition) is 0. The van der Waals surface area contributed by atoms with Crippen molar-refractivity contribution < 1.29 is 9.53 Å². The predicted octanol–water partition coefficient (Wildman–Crippen LogP) is 1.99. The van der Waals surface area contributed by atoms with E-state index < -0.39 is 0 Å². The van der Waals surface area contributed by atoms with E-state index in [1.165, 1.54) is 0 Å². The number of likely N-dealkylation sites (N-methyl/N-ethyl adjacent to an activating group) is 1. The molecule has 4 heteroatoms. The molecule has 1 saturated heterocycles. The summed E-state index contributed by atoms with van der Waals surface area (Å²) in [5.74, 6) is 0.647. The molecule has 1 rings (SSSR count). The number of carbonyl (C=O) groups is 1. The minimum Gasteiger partial charge on any atom is -0.369 e. The average Bonchev–Trinajstić information content (AvgIpc) is 2.43. The fourth-order valence-corrected chi connectivity index (χ4v) is 2.70. The Hall–Kier alpha value is -0.610. The van der Waals surface area contributed by atoms with Crippen LogP contribution in [0.25, 0.3) is 0 Å². The molecule has 1 fully saturated rings. The SMILES string of the molecule is CC[C@H](C)OCC(=O)N(C)[C@H]1CCN(CC)C[C@@H]1C. The quantitative estimate of drug-likeness (QED) is 0.740. The first-order valence-corrected chi connectivity index (χ1v) is 7.59. The summed E-state index contributed by atoms with van der Waals surface area (Å²) in [7, 11) is 1.92. The number of amides is 1. The molecule has 1 aliphatic heterocycles. The first kappa shape index (κ1) is 16.4. The van der Waals surface area contributed by atoms with E-state index in [4.69, 9.17) is 4.74 Å². The van der Waals surface area contributed by atoms with Gasteiger partial charge in [-0.05, 0) is 32.2 Å². The first-order chi connectivity index (χ1) is 8.99. The van der Waals surface area contributed by atoms with Crippen LogP contribution in [-0.4, -0.2) is 61.1 Å². The van der Waals surface area contributed by atoms with Crippen molar-refractivity contribution in [2.45, 2.75) is 52.7 Å². The van der Waals surface area contributed by atoms with Crippen molar-refractivity contribution in [2.24, 2.45) is 5.92 Å². The van der Waals surface area contributed by atoms with Gasteiger partial charge in [-0.15, -0.1) is 0 Å². The van der Waals surface area contributed by atoms with Gasteiger partial charge in [0.05, 0.1) is 6.10 Å². The van der Waals surface area contributed by atoms with Crippen molar-refractivity contribution in [2.75, 3.05) is 33.3 Å². The lowest BCUT2D eigenvalue weighted by molar-refractivity contribution is -0.140. The Morgan fingerprint density at radius 3 is 2.68 bits per heavy atom. The largest absolute Gasteiger partial charge is 0.369 e. The third kappa shape index (κ3) is 4.77. The van der Waals surface area contributed by atoms with Gasteiger partial charge in [-0.2, -0.15) is 0 Å². The molecule has 19 heavy (non-hydrogen) atoms. The smallest absolute Gasteiger partial charge is 0.248 e. The van der Waals surface area contributed by atoms with Gasteiger partial charge in [0.15, 0.2) is 0 Å². The lowest BCUT2D eigenvalue weighted by Crippen LogP contribution is -2.51. The third-order valence-electron chi connectivity index (χ3n) is 4.35. The molecule has 0 aromatic carbocycles. The summed E-state index contributed by atoms with van der Waals surface area (Å²) < 4.78 is 5.54. The second-order valence-corrected chi connectivity index (χ2v) is 5.76. The van der Waals surface area contributed by atoms with Crippen LogP contribution in [0, 0.1) is 5.92 Å². The van der Waals surface area contributed by atoms with Gasteiger partial charge in [-0.1, -0.05) is 20.8 Å². The molecule has 0 bridgehead atoms. The van der Waals surface area contributed by atoms with Gasteiger partial charge in [0.2, 0.25) is 5.91 Å². The summed E-state index contributed by atoms with van der Waals surface area (Å²) in [6, 6.07) is 0.357. The highest BCUT2D eigenvalue weighted by molar-refractivity contribution is 5.77. The minimum absolute atomic E-state index is 0.113. The topological polar surface area (TPSA) is 32.8 Å². The highest BCUT2D eigenvalue weighted by Gasteiger charge is 2.30. The van der Waals surface area contributed by atoms with E-state index in [2.05, 4.69) is 25.7 Å².